The molecule has 0 aliphatic rings. The molecular weight excluding hydrogens is 294 g/mol. The third-order valence-electron chi connectivity index (χ3n) is 2.06. The highest BCUT2D eigenvalue weighted by Crippen LogP contribution is 2.31. The molecule has 7 nitrogen and oxygen atoms in total. The van der Waals surface area contributed by atoms with Crippen LogP contribution in [0.1, 0.15) is 6.92 Å². The molecular formula is C9H12BrN3O4. The highest BCUT2D eigenvalue weighted by Gasteiger charge is 2.22. The third kappa shape index (κ3) is 3.62. The number of anilines is 1. The predicted molar refractivity (Wildman–Crippen MR) is 64.8 cm³/mol. The van der Waals surface area contributed by atoms with Crippen LogP contribution in [-0.4, -0.2) is 38.9 Å². The molecule has 0 radical (unpaired) electrons. The fourth-order valence-electron chi connectivity index (χ4n) is 1.07. The van der Waals surface area contributed by atoms with Gasteiger partial charge in [-0.1, -0.05) is 0 Å². The van der Waals surface area contributed by atoms with Crippen molar-refractivity contribution in [3.05, 3.63) is 27.0 Å². The molecule has 0 bridgehead atoms. The number of pyridine rings is 1. The Bertz CT molecular complexity index is 425. The first-order chi connectivity index (χ1) is 7.87. The van der Waals surface area contributed by atoms with Crippen LogP contribution in [0.25, 0.3) is 0 Å². The second kappa shape index (κ2) is 5.39. The average Bonchev–Trinajstić information content (AvgIpc) is 2.27. The molecule has 0 saturated heterocycles. The first-order valence-corrected chi connectivity index (χ1v) is 5.51. The van der Waals surface area contributed by atoms with Gasteiger partial charge in [0, 0.05) is 12.7 Å². The number of aromatic nitrogens is 1. The van der Waals surface area contributed by atoms with Crippen LogP contribution in [0.2, 0.25) is 0 Å². The second-order valence-electron chi connectivity index (χ2n) is 3.78. The minimum atomic E-state index is -1.35. The standard InChI is InChI=1S/C9H12BrN3O4/c1-9(15,5-14)4-12-8-6(10)2-11-3-7(8)13(16)17/h2-3,14-15H,4-5H2,1H3,(H,11,12). The minimum Gasteiger partial charge on any atom is -0.393 e. The Kier molecular flexibility index (Phi) is 4.38. The van der Waals surface area contributed by atoms with Crippen molar-refractivity contribution in [1.82, 2.24) is 4.98 Å². The number of hydrogen-bond acceptors (Lipinski definition) is 6. The van der Waals surface area contributed by atoms with E-state index in [4.69, 9.17) is 5.11 Å². The van der Waals surface area contributed by atoms with Crippen LogP contribution in [0.3, 0.4) is 0 Å². The van der Waals surface area contributed by atoms with Gasteiger partial charge in [0.05, 0.1) is 16.0 Å². The van der Waals surface area contributed by atoms with E-state index in [9.17, 15) is 15.2 Å². The zero-order valence-electron chi connectivity index (χ0n) is 9.05. The summed E-state index contributed by atoms with van der Waals surface area (Å²) in [5, 5.41) is 31.9. The van der Waals surface area contributed by atoms with Gasteiger partial charge in [-0.2, -0.15) is 0 Å². The van der Waals surface area contributed by atoms with Gasteiger partial charge in [0.2, 0.25) is 0 Å². The number of rotatable bonds is 5. The van der Waals surface area contributed by atoms with Gasteiger partial charge in [-0.05, 0) is 22.9 Å². The molecule has 0 amide bonds. The lowest BCUT2D eigenvalue weighted by molar-refractivity contribution is -0.384. The number of nitro groups is 1. The summed E-state index contributed by atoms with van der Waals surface area (Å²) < 4.78 is 0.417. The summed E-state index contributed by atoms with van der Waals surface area (Å²) >= 11 is 3.13. The molecule has 1 aromatic rings. The summed E-state index contributed by atoms with van der Waals surface area (Å²) in [6.07, 6.45) is 2.52. The van der Waals surface area contributed by atoms with Crippen LogP contribution in [0.4, 0.5) is 11.4 Å². The highest BCUT2D eigenvalue weighted by molar-refractivity contribution is 9.10. The second-order valence-corrected chi connectivity index (χ2v) is 4.64. The van der Waals surface area contributed by atoms with Crippen LogP contribution in [0.15, 0.2) is 16.9 Å². The zero-order valence-corrected chi connectivity index (χ0v) is 10.6. The molecule has 3 N–H and O–H groups in total. The number of nitrogens with zero attached hydrogens (tertiary/aromatic N) is 2. The lowest BCUT2D eigenvalue weighted by Crippen LogP contribution is -2.37. The van der Waals surface area contributed by atoms with Crippen molar-refractivity contribution in [3.8, 4) is 0 Å². The molecule has 0 aliphatic heterocycles. The van der Waals surface area contributed by atoms with Crippen molar-refractivity contribution >= 4 is 27.3 Å². The molecule has 0 aliphatic carbocycles. The van der Waals surface area contributed by atoms with E-state index in [1.54, 1.807) is 0 Å². The molecule has 1 aromatic heterocycles. The molecule has 1 heterocycles. The quantitative estimate of drug-likeness (QED) is 0.551. The fourth-order valence-corrected chi connectivity index (χ4v) is 1.53. The van der Waals surface area contributed by atoms with Crippen LogP contribution in [0.5, 0.6) is 0 Å². The van der Waals surface area contributed by atoms with Crippen molar-refractivity contribution in [2.75, 3.05) is 18.5 Å². The van der Waals surface area contributed by atoms with E-state index in [1.165, 1.54) is 13.1 Å². The van der Waals surface area contributed by atoms with Crippen LogP contribution in [-0.2, 0) is 0 Å². The minimum absolute atomic E-state index is 0.0209. The van der Waals surface area contributed by atoms with Gasteiger partial charge in [-0.15, -0.1) is 0 Å². The Morgan fingerprint density at radius 1 is 1.65 bits per heavy atom. The monoisotopic (exact) mass is 305 g/mol. The van der Waals surface area contributed by atoms with E-state index in [0.717, 1.165) is 6.20 Å². The van der Waals surface area contributed by atoms with Gasteiger partial charge in [-0.25, -0.2) is 0 Å². The molecule has 0 fully saturated rings. The summed E-state index contributed by atoms with van der Waals surface area (Å²) in [5.74, 6) is 0. The van der Waals surface area contributed by atoms with Gasteiger partial charge in [0.15, 0.2) is 0 Å². The predicted octanol–water partition coefficient (Wildman–Crippen LogP) is 0.907. The normalized spacial score (nSPS) is 14.1. The molecule has 0 saturated carbocycles. The van der Waals surface area contributed by atoms with E-state index < -0.39 is 17.1 Å². The molecule has 17 heavy (non-hydrogen) atoms. The largest absolute Gasteiger partial charge is 0.393 e. The van der Waals surface area contributed by atoms with Gasteiger partial charge >= 0.3 is 5.69 Å². The summed E-state index contributed by atoms with van der Waals surface area (Å²) in [6, 6.07) is 0. The van der Waals surface area contributed by atoms with E-state index in [0.29, 0.717) is 4.47 Å². The lowest BCUT2D eigenvalue weighted by Gasteiger charge is -2.21. The van der Waals surface area contributed by atoms with Gasteiger partial charge < -0.3 is 15.5 Å². The maximum atomic E-state index is 10.8. The summed E-state index contributed by atoms with van der Waals surface area (Å²) in [6.45, 7) is 0.949. The molecule has 8 heteroatoms. The molecule has 0 spiro atoms. The van der Waals surface area contributed by atoms with E-state index >= 15 is 0 Å². The van der Waals surface area contributed by atoms with Crippen molar-refractivity contribution in [2.45, 2.75) is 12.5 Å². The van der Waals surface area contributed by atoms with Gasteiger partial charge in [0.1, 0.15) is 17.5 Å². The number of halogens is 1. The topological polar surface area (TPSA) is 109 Å². The van der Waals surface area contributed by atoms with Gasteiger partial charge in [-0.3, -0.25) is 15.1 Å². The average molecular weight is 306 g/mol. The van der Waals surface area contributed by atoms with Crippen molar-refractivity contribution < 1.29 is 15.1 Å². The molecule has 1 atom stereocenters. The fraction of sp³-hybridized carbons (Fsp3) is 0.444. The Morgan fingerprint density at radius 3 is 2.82 bits per heavy atom. The first kappa shape index (κ1) is 13.8. The Balaban J connectivity index is 2.94. The molecule has 1 rings (SSSR count). The van der Waals surface area contributed by atoms with Crippen molar-refractivity contribution in [2.24, 2.45) is 0 Å². The Labute approximate surface area is 106 Å². The number of hydrogen-bond donors (Lipinski definition) is 3. The lowest BCUT2D eigenvalue weighted by atomic mass is 10.1. The molecule has 94 valence electrons. The molecule has 0 aromatic carbocycles. The SMILES string of the molecule is CC(O)(CO)CNc1c(Br)cncc1[N+](=O)[O-]. The first-order valence-electron chi connectivity index (χ1n) is 4.72. The summed E-state index contributed by atoms with van der Waals surface area (Å²) in [5.41, 5.74) is -1.33. The summed E-state index contributed by atoms with van der Waals surface area (Å²) in [4.78, 5) is 13.9. The maximum Gasteiger partial charge on any atom is 0.311 e. The zero-order chi connectivity index (χ0) is 13.1. The van der Waals surface area contributed by atoms with Crippen LogP contribution >= 0.6 is 15.9 Å². The number of aliphatic hydroxyl groups is 2. The van der Waals surface area contributed by atoms with E-state index in [1.807, 2.05) is 0 Å². The van der Waals surface area contributed by atoms with Crippen molar-refractivity contribution in [1.29, 1.82) is 0 Å². The Morgan fingerprint density at radius 2 is 2.29 bits per heavy atom. The Hall–Kier alpha value is -1.25. The van der Waals surface area contributed by atoms with Crippen molar-refractivity contribution in [3.63, 3.8) is 0 Å². The van der Waals surface area contributed by atoms with Gasteiger partial charge in [0.25, 0.3) is 0 Å². The number of nitrogens with one attached hydrogen (secondary N) is 1. The van der Waals surface area contributed by atoms with Crippen LogP contribution in [0, 0.1) is 10.1 Å². The molecule has 1 unspecified atom stereocenters. The smallest absolute Gasteiger partial charge is 0.311 e. The summed E-state index contributed by atoms with van der Waals surface area (Å²) in [7, 11) is 0. The maximum absolute atomic E-state index is 10.8. The van der Waals surface area contributed by atoms with E-state index in [2.05, 4.69) is 26.2 Å². The van der Waals surface area contributed by atoms with E-state index in [-0.39, 0.29) is 17.9 Å². The number of aliphatic hydroxyl groups excluding tert-OH is 1. The third-order valence-corrected chi connectivity index (χ3v) is 2.66. The van der Waals surface area contributed by atoms with Crippen LogP contribution < -0.4 is 5.32 Å². The highest BCUT2D eigenvalue weighted by atomic mass is 79.9.